The standard InChI is InChI=1S/C36H36BrCl2N3O4S/c37-28-14-10-13-27(19-28)24-41(34(20-26-11-4-1-5-12-26)36(44)40-31-15-6-2-7-16-31)35(43)25-42(32-22-29(38)21-30(39)23-32)47(45,46)33-17-8-3-9-18-33/h1,3-5,8-14,17-19,21-23,31,34H,2,6-7,15-16,20,24-25H2,(H,40,44)/t34-/m1/s1. The predicted molar refractivity (Wildman–Crippen MR) is 191 cm³/mol. The Balaban J connectivity index is 1.58. The van der Waals surface area contributed by atoms with Gasteiger partial charge in [0.25, 0.3) is 10.0 Å². The highest BCUT2D eigenvalue weighted by Crippen LogP contribution is 2.30. The van der Waals surface area contributed by atoms with Crippen molar-refractivity contribution in [3.05, 3.63) is 129 Å². The van der Waals surface area contributed by atoms with Crippen LogP contribution in [0.3, 0.4) is 0 Å². The fraction of sp³-hybridized carbons (Fsp3) is 0.278. The molecule has 1 aliphatic rings. The third-order valence-electron chi connectivity index (χ3n) is 8.21. The van der Waals surface area contributed by atoms with Gasteiger partial charge in [-0.2, -0.15) is 0 Å². The molecule has 11 heteroatoms. The van der Waals surface area contributed by atoms with Crippen molar-refractivity contribution < 1.29 is 18.0 Å². The minimum absolute atomic E-state index is 0.00156. The summed E-state index contributed by atoms with van der Waals surface area (Å²) >= 11 is 16.2. The summed E-state index contributed by atoms with van der Waals surface area (Å²) in [5.74, 6) is -0.826. The molecule has 0 aliphatic heterocycles. The van der Waals surface area contributed by atoms with E-state index in [1.807, 2.05) is 54.6 Å². The molecule has 0 heterocycles. The lowest BCUT2D eigenvalue weighted by Gasteiger charge is -2.35. The van der Waals surface area contributed by atoms with Gasteiger partial charge in [0, 0.05) is 33.5 Å². The normalized spacial score (nSPS) is 14.3. The zero-order valence-corrected chi connectivity index (χ0v) is 29.6. The van der Waals surface area contributed by atoms with Crippen LogP contribution >= 0.6 is 39.1 Å². The molecular formula is C36H36BrCl2N3O4S. The first kappa shape index (κ1) is 35.0. The summed E-state index contributed by atoms with van der Waals surface area (Å²) in [5, 5.41) is 3.65. The van der Waals surface area contributed by atoms with Crippen LogP contribution in [0.1, 0.15) is 43.2 Å². The molecule has 0 bridgehead atoms. The van der Waals surface area contributed by atoms with E-state index < -0.39 is 28.5 Å². The Kier molecular flexibility index (Phi) is 12.0. The van der Waals surface area contributed by atoms with Crippen LogP contribution in [0.15, 0.2) is 112 Å². The first-order valence-corrected chi connectivity index (χ1v) is 18.5. The molecular weight excluding hydrogens is 721 g/mol. The van der Waals surface area contributed by atoms with Crippen molar-refractivity contribution in [2.75, 3.05) is 10.8 Å². The molecule has 7 nitrogen and oxygen atoms in total. The Labute approximate surface area is 295 Å². The van der Waals surface area contributed by atoms with Crippen molar-refractivity contribution in [2.45, 2.75) is 62.0 Å². The second-order valence-corrected chi connectivity index (χ2v) is 15.3. The second kappa shape index (κ2) is 16.2. The van der Waals surface area contributed by atoms with Crippen LogP contribution in [0.25, 0.3) is 0 Å². The van der Waals surface area contributed by atoms with E-state index in [1.165, 1.54) is 35.2 Å². The summed E-state index contributed by atoms with van der Waals surface area (Å²) in [5.41, 5.74) is 1.78. The molecule has 0 saturated heterocycles. The number of halogens is 3. The third-order valence-corrected chi connectivity index (χ3v) is 10.9. The number of hydrogen-bond acceptors (Lipinski definition) is 4. The summed E-state index contributed by atoms with van der Waals surface area (Å²) in [7, 11) is -4.26. The molecule has 0 spiro atoms. The van der Waals surface area contributed by atoms with Crippen LogP contribution in [0.5, 0.6) is 0 Å². The number of hydrogen-bond donors (Lipinski definition) is 1. The van der Waals surface area contributed by atoms with Gasteiger partial charge in [-0.15, -0.1) is 0 Å². The quantitative estimate of drug-likeness (QED) is 0.159. The van der Waals surface area contributed by atoms with Crippen molar-refractivity contribution in [3.63, 3.8) is 0 Å². The average Bonchev–Trinajstić information content (AvgIpc) is 3.06. The summed E-state index contributed by atoms with van der Waals surface area (Å²) < 4.78 is 30.1. The van der Waals surface area contributed by atoms with Crippen LogP contribution < -0.4 is 9.62 Å². The Morgan fingerprint density at radius 2 is 1.43 bits per heavy atom. The molecule has 0 unspecified atom stereocenters. The lowest BCUT2D eigenvalue weighted by atomic mass is 9.94. The molecule has 1 aliphatic carbocycles. The molecule has 1 fully saturated rings. The number of nitrogens with one attached hydrogen (secondary N) is 1. The fourth-order valence-electron chi connectivity index (χ4n) is 5.86. The fourth-order valence-corrected chi connectivity index (χ4v) is 8.24. The Morgan fingerprint density at radius 3 is 2.06 bits per heavy atom. The largest absolute Gasteiger partial charge is 0.352 e. The highest BCUT2D eigenvalue weighted by molar-refractivity contribution is 9.10. The smallest absolute Gasteiger partial charge is 0.264 e. The predicted octanol–water partition coefficient (Wildman–Crippen LogP) is 8.04. The first-order chi connectivity index (χ1) is 22.6. The van der Waals surface area contributed by atoms with Crippen LogP contribution in [0, 0.1) is 0 Å². The number of nitrogens with zero attached hydrogens (tertiary/aromatic N) is 2. The van der Waals surface area contributed by atoms with E-state index in [0.717, 1.165) is 52.0 Å². The maximum Gasteiger partial charge on any atom is 0.264 e. The van der Waals surface area contributed by atoms with Crippen molar-refractivity contribution in [1.82, 2.24) is 10.2 Å². The van der Waals surface area contributed by atoms with E-state index in [-0.39, 0.29) is 45.5 Å². The highest BCUT2D eigenvalue weighted by Gasteiger charge is 2.35. The molecule has 0 aromatic heterocycles. The number of anilines is 1. The van der Waals surface area contributed by atoms with Gasteiger partial charge in [0.05, 0.1) is 10.6 Å². The summed E-state index contributed by atoms with van der Waals surface area (Å²) in [6.45, 7) is -0.521. The van der Waals surface area contributed by atoms with Crippen LogP contribution in [0.2, 0.25) is 10.0 Å². The number of amides is 2. The van der Waals surface area contributed by atoms with Gasteiger partial charge in [-0.05, 0) is 66.4 Å². The molecule has 4 aromatic rings. The number of carbonyl (C=O) groups is 2. The highest BCUT2D eigenvalue weighted by atomic mass is 79.9. The minimum atomic E-state index is -4.26. The zero-order chi connectivity index (χ0) is 33.4. The average molecular weight is 758 g/mol. The maximum absolute atomic E-state index is 14.7. The molecule has 5 rings (SSSR count). The van der Waals surface area contributed by atoms with Gasteiger partial charge in [-0.1, -0.05) is 119 Å². The van der Waals surface area contributed by atoms with Gasteiger partial charge in [-0.25, -0.2) is 8.42 Å². The number of rotatable bonds is 12. The Bertz CT molecular complexity index is 1770. The molecule has 47 heavy (non-hydrogen) atoms. The first-order valence-electron chi connectivity index (χ1n) is 15.5. The van der Waals surface area contributed by atoms with Gasteiger partial charge in [-0.3, -0.25) is 13.9 Å². The van der Waals surface area contributed by atoms with Crippen LogP contribution in [-0.2, 0) is 32.6 Å². The molecule has 1 atom stereocenters. The molecule has 1 N–H and O–H groups in total. The molecule has 0 radical (unpaired) electrons. The van der Waals surface area contributed by atoms with Crippen molar-refractivity contribution in [3.8, 4) is 0 Å². The molecule has 2 amide bonds. The number of carbonyl (C=O) groups excluding carboxylic acids is 2. The van der Waals surface area contributed by atoms with E-state index in [4.69, 9.17) is 23.2 Å². The van der Waals surface area contributed by atoms with E-state index in [9.17, 15) is 18.0 Å². The van der Waals surface area contributed by atoms with Crippen molar-refractivity contribution in [2.24, 2.45) is 0 Å². The van der Waals surface area contributed by atoms with Gasteiger partial charge in [0.15, 0.2) is 0 Å². The lowest BCUT2D eigenvalue weighted by Crippen LogP contribution is -2.55. The monoisotopic (exact) mass is 755 g/mol. The second-order valence-electron chi connectivity index (χ2n) is 11.7. The van der Waals surface area contributed by atoms with E-state index >= 15 is 0 Å². The SMILES string of the molecule is O=C(NC1CCCCC1)[C@@H](Cc1ccccc1)N(Cc1cccc(Br)c1)C(=O)CN(c1cc(Cl)cc(Cl)c1)S(=O)(=O)c1ccccc1. The van der Waals surface area contributed by atoms with Gasteiger partial charge < -0.3 is 10.2 Å². The Hall–Kier alpha value is -3.37. The summed E-state index contributed by atoms with van der Waals surface area (Å²) in [4.78, 5) is 30.3. The van der Waals surface area contributed by atoms with E-state index in [0.29, 0.717) is 0 Å². The van der Waals surface area contributed by atoms with Gasteiger partial charge >= 0.3 is 0 Å². The van der Waals surface area contributed by atoms with Gasteiger partial charge in [0.2, 0.25) is 11.8 Å². The third kappa shape index (κ3) is 9.38. The van der Waals surface area contributed by atoms with Crippen LogP contribution in [0.4, 0.5) is 5.69 Å². The molecule has 4 aromatic carbocycles. The summed E-state index contributed by atoms with van der Waals surface area (Å²) in [6, 6.07) is 28.4. The number of sulfonamides is 1. The minimum Gasteiger partial charge on any atom is -0.352 e. The van der Waals surface area contributed by atoms with E-state index in [1.54, 1.807) is 18.2 Å². The van der Waals surface area contributed by atoms with Crippen molar-refractivity contribution in [1.29, 1.82) is 0 Å². The molecule has 246 valence electrons. The van der Waals surface area contributed by atoms with Gasteiger partial charge in [0.1, 0.15) is 12.6 Å². The number of benzene rings is 4. The lowest BCUT2D eigenvalue weighted by molar-refractivity contribution is -0.140. The maximum atomic E-state index is 14.7. The van der Waals surface area contributed by atoms with Crippen LogP contribution in [-0.4, -0.2) is 43.8 Å². The zero-order valence-electron chi connectivity index (χ0n) is 25.7. The van der Waals surface area contributed by atoms with Crippen molar-refractivity contribution >= 4 is 66.7 Å². The topological polar surface area (TPSA) is 86.8 Å². The molecule has 1 saturated carbocycles. The summed E-state index contributed by atoms with van der Waals surface area (Å²) in [6.07, 6.45) is 5.19. The van der Waals surface area contributed by atoms with E-state index in [2.05, 4.69) is 21.2 Å². The Morgan fingerprint density at radius 1 is 0.809 bits per heavy atom.